The highest BCUT2D eigenvalue weighted by molar-refractivity contribution is 7.89. The van der Waals surface area contributed by atoms with Crippen LogP contribution in [0.25, 0.3) is 10.8 Å². The Morgan fingerprint density at radius 2 is 2.13 bits per heavy atom. The third-order valence-electron chi connectivity index (χ3n) is 4.17. The van der Waals surface area contributed by atoms with E-state index >= 15 is 0 Å². The monoisotopic (exact) mass is 337 g/mol. The van der Waals surface area contributed by atoms with Gasteiger partial charge in [0.25, 0.3) is 0 Å². The van der Waals surface area contributed by atoms with E-state index in [2.05, 4.69) is 10.3 Å². The minimum Gasteiger partial charge on any atom is -0.315 e. The quantitative estimate of drug-likeness (QED) is 0.930. The summed E-state index contributed by atoms with van der Waals surface area (Å²) >= 11 is 0. The van der Waals surface area contributed by atoms with Crippen molar-refractivity contribution >= 4 is 20.8 Å². The van der Waals surface area contributed by atoms with Gasteiger partial charge in [-0.15, -0.1) is 0 Å². The van der Waals surface area contributed by atoms with Gasteiger partial charge in [-0.25, -0.2) is 12.8 Å². The Balaban J connectivity index is 1.99. The van der Waals surface area contributed by atoms with E-state index in [9.17, 15) is 12.8 Å². The smallest absolute Gasteiger partial charge is 0.243 e. The van der Waals surface area contributed by atoms with Crippen LogP contribution in [0, 0.1) is 0 Å². The molecule has 0 amide bonds. The first-order valence-corrected chi connectivity index (χ1v) is 9.19. The molecule has 3 rings (SSSR count). The van der Waals surface area contributed by atoms with Crippen molar-refractivity contribution in [2.45, 2.75) is 23.8 Å². The van der Waals surface area contributed by atoms with Crippen LogP contribution < -0.4 is 5.32 Å². The molecule has 0 saturated carbocycles. The zero-order chi connectivity index (χ0) is 16.3. The highest BCUT2D eigenvalue weighted by Crippen LogP contribution is 2.24. The summed E-state index contributed by atoms with van der Waals surface area (Å²) in [5.41, 5.74) is 0. The molecule has 0 bridgehead atoms. The lowest BCUT2D eigenvalue weighted by Crippen LogP contribution is -2.49. The highest BCUT2D eigenvalue weighted by atomic mass is 32.2. The molecule has 7 heteroatoms. The number of aromatic nitrogens is 1. The van der Waals surface area contributed by atoms with E-state index in [1.54, 1.807) is 36.7 Å². The third kappa shape index (κ3) is 3.36. The summed E-state index contributed by atoms with van der Waals surface area (Å²) in [5.74, 6) is 0. The molecule has 1 aromatic heterocycles. The van der Waals surface area contributed by atoms with Crippen molar-refractivity contribution in [3.05, 3.63) is 36.7 Å². The van der Waals surface area contributed by atoms with Gasteiger partial charge in [0.05, 0.1) is 10.9 Å². The molecular formula is C16H20FN3O2S. The fourth-order valence-corrected chi connectivity index (χ4v) is 4.56. The van der Waals surface area contributed by atoms with Crippen molar-refractivity contribution in [3.8, 4) is 0 Å². The molecular weight excluding hydrogens is 317 g/mol. The first-order chi connectivity index (χ1) is 11.1. The second-order valence-corrected chi connectivity index (χ2v) is 7.61. The molecule has 1 unspecified atom stereocenters. The predicted octanol–water partition coefficient (Wildman–Crippen LogP) is 1.95. The Morgan fingerprint density at radius 1 is 1.26 bits per heavy atom. The van der Waals surface area contributed by atoms with E-state index in [4.69, 9.17) is 0 Å². The van der Waals surface area contributed by atoms with Crippen molar-refractivity contribution < 1.29 is 12.8 Å². The number of sulfonamides is 1. The Hall–Kier alpha value is -1.57. The van der Waals surface area contributed by atoms with E-state index < -0.39 is 22.7 Å². The maximum Gasteiger partial charge on any atom is 0.243 e. The molecule has 1 saturated heterocycles. The summed E-state index contributed by atoms with van der Waals surface area (Å²) < 4.78 is 40.7. The van der Waals surface area contributed by atoms with Crippen LogP contribution in [0.1, 0.15) is 12.8 Å². The maximum absolute atomic E-state index is 13.4. The zero-order valence-corrected chi connectivity index (χ0v) is 13.6. The van der Waals surface area contributed by atoms with E-state index in [0.29, 0.717) is 13.1 Å². The van der Waals surface area contributed by atoms with Crippen molar-refractivity contribution in [3.63, 3.8) is 0 Å². The maximum atomic E-state index is 13.4. The van der Waals surface area contributed by atoms with Crippen LogP contribution in [0.15, 0.2) is 41.6 Å². The lowest BCUT2D eigenvalue weighted by Gasteiger charge is -2.31. The summed E-state index contributed by atoms with van der Waals surface area (Å²) in [6, 6.07) is 6.06. The van der Waals surface area contributed by atoms with E-state index in [-0.39, 0.29) is 4.90 Å². The second kappa shape index (κ2) is 6.90. The molecule has 1 aliphatic heterocycles. The summed E-state index contributed by atoms with van der Waals surface area (Å²) in [6.45, 7) is 0.803. The number of halogens is 1. The lowest BCUT2D eigenvalue weighted by molar-refractivity contribution is 0.240. The van der Waals surface area contributed by atoms with Crippen LogP contribution >= 0.6 is 0 Å². The molecule has 1 atom stereocenters. The van der Waals surface area contributed by atoms with Gasteiger partial charge in [0, 0.05) is 30.9 Å². The molecule has 0 radical (unpaired) electrons. The molecule has 1 fully saturated rings. The Kier molecular flexibility index (Phi) is 4.89. The van der Waals surface area contributed by atoms with Gasteiger partial charge in [-0.1, -0.05) is 6.07 Å². The van der Waals surface area contributed by atoms with Gasteiger partial charge in [-0.05, 0) is 43.0 Å². The van der Waals surface area contributed by atoms with Gasteiger partial charge in [0.2, 0.25) is 10.0 Å². The van der Waals surface area contributed by atoms with Crippen molar-refractivity contribution in [2.24, 2.45) is 0 Å². The largest absolute Gasteiger partial charge is 0.315 e. The van der Waals surface area contributed by atoms with Gasteiger partial charge in [-0.3, -0.25) is 4.98 Å². The average Bonchev–Trinajstić information content (AvgIpc) is 2.54. The van der Waals surface area contributed by atoms with Crippen LogP contribution in [0.5, 0.6) is 0 Å². The fourth-order valence-electron chi connectivity index (χ4n) is 2.88. The number of pyridine rings is 1. The first kappa shape index (κ1) is 16.3. The number of rotatable bonds is 3. The van der Waals surface area contributed by atoms with Crippen molar-refractivity contribution in [2.75, 3.05) is 26.3 Å². The Morgan fingerprint density at radius 3 is 2.96 bits per heavy atom. The zero-order valence-electron chi connectivity index (χ0n) is 12.8. The van der Waals surface area contributed by atoms with E-state index in [0.717, 1.165) is 30.2 Å². The molecule has 2 heterocycles. The SMILES string of the molecule is O=S(=O)(c1ccc2cnccc2c1)N1CCCCNCC1CF. The van der Waals surface area contributed by atoms with Crippen molar-refractivity contribution in [1.29, 1.82) is 0 Å². The molecule has 1 aromatic carbocycles. The van der Waals surface area contributed by atoms with Crippen LogP contribution in [0.3, 0.4) is 0 Å². The van der Waals surface area contributed by atoms with Crippen LogP contribution in [-0.4, -0.2) is 50.1 Å². The number of hydrogen-bond acceptors (Lipinski definition) is 4. The summed E-state index contributed by atoms with van der Waals surface area (Å²) in [7, 11) is -3.72. The molecule has 124 valence electrons. The van der Waals surface area contributed by atoms with Crippen molar-refractivity contribution in [1.82, 2.24) is 14.6 Å². The molecule has 0 aliphatic carbocycles. The highest BCUT2D eigenvalue weighted by Gasteiger charge is 2.32. The molecule has 2 aromatic rings. The normalized spacial score (nSPS) is 21.0. The number of nitrogens with one attached hydrogen (secondary N) is 1. The van der Waals surface area contributed by atoms with Gasteiger partial charge >= 0.3 is 0 Å². The van der Waals surface area contributed by atoms with Gasteiger partial charge < -0.3 is 5.32 Å². The van der Waals surface area contributed by atoms with Crippen LogP contribution in [0.2, 0.25) is 0 Å². The lowest BCUT2D eigenvalue weighted by atomic mass is 10.2. The molecule has 1 aliphatic rings. The average molecular weight is 337 g/mol. The fraction of sp³-hybridized carbons (Fsp3) is 0.438. The van der Waals surface area contributed by atoms with Crippen LogP contribution in [0.4, 0.5) is 4.39 Å². The Bertz CT molecular complexity index is 782. The number of fused-ring (bicyclic) bond motifs is 1. The van der Waals surface area contributed by atoms with E-state index in [1.807, 2.05) is 0 Å². The number of hydrogen-bond donors (Lipinski definition) is 1. The summed E-state index contributed by atoms with van der Waals surface area (Å²) in [6.07, 6.45) is 4.92. The number of nitrogens with zero attached hydrogens (tertiary/aromatic N) is 2. The van der Waals surface area contributed by atoms with Gasteiger partial charge in [-0.2, -0.15) is 4.31 Å². The predicted molar refractivity (Wildman–Crippen MR) is 87.5 cm³/mol. The third-order valence-corrected chi connectivity index (χ3v) is 6.11. The standard InChI is InChI=1S/C16H20FN3O2S/c17-10-15-12-18-6-1-2-8-20(15)23(21,22)16-4-3-14-11-19-7-5-13(14)9-16/h3-5,7,9,11,15,18H,1-2,6,8,10,12H2. The van der Waals surface area contributed by atoms with Gasteiger partial charge in [0.1, 0.15) is 6.67 Å². The Labute approximate surface area is 135 Å². The molecule has 1 N–H and O–H groups in total. The summed E-state index contributed by atoms with van der Waals surface area (Å²) in [4.78, 5) is 4.23. The number of benzene rings is 1. The first-order valence-electron chi connectivity index (χ1n) is 7.75. The minimum atomic E-state index is -3.72. The van der Waals surface area contributed by atoms with E-state index in [1.165, 1.54) is 4.31 Å². The minimum absolute atomic E-state index is 0.204. The van der Waals surface area contributed by atoms with Crippen LogP contribution in [-0.2, 0) is 10.0 Å². The molecule has 23 heavy (non-hydrogen) atoms. The summed E-state index contributed by atoms with van der Waals surface area (Å²) in [5, 5.41) is 4.80. The molecule has 5 nitrogen and oxygen atoms in total. The topological polar surface area (TPSA) is 62.3 Å². The molecule has 0 spiro atoms. The van der Waals surface area contributed by atoms with Gasteiger partial charge in [0.15, 0.2) is 0 Å². The number of alkyl halides is 1. The second-order valence-electron chi connectivity index (χ2n) is 5.72.